The normalized spacial score (nSPS) is 23.4. The lowest BCUT2D eigenvalue weighted by Crippen LogP contribution is -2.38. The van der Waals surface area contributed by atoms with E-state index >= 15 is 0 Å². The molecule has 3 heteroatoms. The smallest absolute Gasteiger partial charge is 0.212 e. The van der Waals surface area contributed by atoms with Gasteiger partial charge in [-0.05, 0) is 31.5 Å². The van der Waals surface area contributed by atoms with E-state index in [1.54, 1.807) is 0 Å². The third-order valence-corrected chi connectivity index (χ3v) is 2.44. The van der Waals surface area contributed by atoms with Crippen LogP contribution < -0.4 is 10.1 Å². The lowest BCUT2D eigenvalue weighted by Gasteiger charge is -2.19. The Labute approximate surface area is 83.7 Å². The quantitative estimate of drug-likeness (QED) is 0.707. The van der Waals surface area contributed by atoms with Gasteiger partial charge < -0.3 is 15.2 Å². The Morgan fingerprint density at radius 3 is 2.79 bits per heavy atom. The van der Waals surface area contributed by atoms with Crippen molar-refractivity contribution in [2.45, 2.75) is 25.2 Å². The number of rotatable bonds is 3. The zero-order chi connectivity index (χ0) is 9.80. The van der Waals surface area contributed by atoms with Crippen LogP contribution in [0.1, 0.15) is 12.8 Å². The first-order valence-electron chi connectivity index (χ1n) is 4.99. The van der Waals surface area contributed by atoms with E-state index in [-0.39, 0.29) is 6.04 Å². The molecular weight excluding hydrogens is 178 g/mol. The first-order valence-corrected chi connectivity index (χ1v) is 4.99. The molecule has 76 valence electrons. The molecule has 0 amide bonds. The van der Waals surface area contributed by atoms with Gasteiger partial charge in [-0.1, -0.05) is 18.2 Å². The van der Waals surface area contributed by atoms with Crippen LogP contribution in [-0.4, -0.2) is 24.0 Å². The Morgan fingerprint density at radius 1 is 1.36 bits per heavy atom. The van der Waals surface area contributed by atoms with Gasteiger partial charge in [0.15, 0.2) is 0 Å². The van der Waals surface area contributed by atoms with E-state index in [0.717, 1.165) is 19.4 Å². The molecule has 1 saturated heterocycles. The molecule has 1 heterocycles. The van der Waals surface area contributed by atoms with Crippen molar-refractivity contribution in [3.8, 4) is 5.75 Å². The number of aliphatic hydroxyl groups is 1. The van der Waals surface area contributed by atoms with E-state index < -0.39 is 6.29 Å². The average molecular weight is 193 g/mol. The first-order chi connectivity index (χ1) is 6.86. The van der Waals surface area contributed by atoms with Gasteiger partial charge in [0.05, 0.1) is 6.04 Å². The molecule has 0 bridgehead atoms. The van der Waals surface area contributed by atoms with E-state index in [1.807, 2.05) is 30.3 Å². The molecule has 1 aliphatic heterocycles. The highest BCUT2D eigenvalue weighted by atomic mass is 16.6. The molecule has 2 atom stereocenters. The first kappa shape index (κ1) is 9.49. The molecule has 0 saturated carbocycles. The Morgan fingerprint density at radius 2 is 2.14 bits per heavy atom. The van der Waals surface area contributed by atoms with Crippen LogP contribution in [0.5, 0.6) is 5.75 Å². The van der Waals surface area contributed by atoms with Crippen LogP contribution in [0.2, 0.25) is 0 Å². The fourth-order valence-electron chi connectivity index (χ4n) is 1.68. The zero-order valence-electron chi connectivity index (χ0n) is 8.02. The summed E-state index contributed by atoms with van der Waals surface area (Å²) in [5, 5.41) is 12.9. The number of hydrogen-bond acceptors (Lipinski definition) is 3. The predicted octanol–water partition coefficient (Wildman–Crippen LogP) is 1.14. The van der Waals surface area contributed by atoms with Gasteiger partial charge in [-0.2, -0.15) is 0 Å². The molecule has 0 spiro atoms. The van der Waals surface area contributed by atoms with Crippen LogP contribution in [0.15, 0.2) is 30.3 Å². The summed E-state index contributed by atoms with van der Waals surface area (Å²) >= 11 is 0. The van der Waals surface area contributed by atoms with Crippen LogP contribution in [0.3, 0.4) is 0 Å². The maximum Gasteiger partial charge on any atom is 0.212 e. The number of ether oxygens (including phenoxy) is 1. The molecular formula is C11H15NO2. The zero-order valence-corrected chi connectivity index (χ0v) is 8.02. The number of para-hydroxylation sites is 1. The van der Waals surface area contributed by atoms with Crippen molar-refractivity contribution in [2.24, 2.45) is 0 Å². The minimum absolute atomic E-state index is 0.0789. The minimum atomic E-state index is -0.736. The Hall–Kier alpha value is -1.06. The molecule has 14 heavy (non-hydrogen) atoms. The fourth-order valence-corrected chi connectivity index (χ4v) is 1.68. The molecule has 1 aliphatic rings. The van der Waals surface area contributed by atoms with Crippen molar-refractivity contribution in [3.63, 3.8) is 0 Å². The van der Waals surface area contributed by atoms with Crippen molar-refractivity contribution in [2.75, 3.05) is 6.54 Å². The van der Waals surface area contributed by atoms with Crippen molar-refractivity contribution in [1.82, 2.24) is 5.32 Å². The lowest BCUT2D eigenvalue weighted by atomic mass is 10.2. The van der Waals surface area contributed by atoms with Gasteiger partial charge in [0.2, 0.25) is 6.29 Å². The Kier molecular flexibility index (Phi) is 3.01. The van der Waals surface area contributed by atoms with E-state index in [1.165, 1.54) is 0 Å². The van der Waals surface area contributed by atoms with Gasteiger partial charge in [-0.3, -0.25) is 0 Å². The second kappa shape index (κ2) is 4.44. The van der Waals surface area contributed by atoms with Crippen molar-refractivity contribution >= 4 is 0 Å². The third-order valence-electron chi connectivity index (χ3n) is 2.44. The summed E-state index contributed by atoms with van der Waals surface area (Å²) in [4.78, 5) is 0. The van der Waals surface area contributed by atoms with Gasteiger partial charge in [0, 0.05) is 0 Å². The summed E-state index contributed by atoms with van der Waals surface area (Å²) < 4.78 is 5.39. The maximum absolute atomic E-state index is 9.72. The molecule has 0 radical (unpaired) electrons. The monoisotopic (exact) mass is 193 g/mol. The molecule has 0 aliphatic carbocycles. The molecule has 1 aromatic rings. The van der Waals surface area contributed by atoms with Gasteiger partial charge >= 0.3 is 0 Å². The number of hydrogen-bond donors (Lipinski definition) is 2. The van der Waals surface area contributed by atoms with Crippen molar-refractivity contribution in [3.05, 3.63) is 30.3 Å². The summed E-state index contributed by atoms with van der Waals surface area (Å²) in [7, 11) is 0. The fraction of sp³-hybridized carbons (Fsp3) is 0.455. The van der Waals surface area contributed by atoms with E-state index in [9.17, 15) is 5.11 Å². The largest absolute Gasteiger partial charge is 0.463 e. The van der Waals surface area contributed by atoms with Crippen LogP contribution in [0.25, 0.3) is 0 Å². The highest BCUT2D eigenvalue weighted by Crippen LogP contribution is 2.15. The van der Waals surface area contributed by atoms with Gasteiger partial charge in [-0.15, -0.1) is 0 Å². The third kappa shape index (κ3) is 2.25. The number of benzene rings is 1. The average Bonchev–Trinajstić information content (AvgIpc) is 2.72. The van der Waals surface area contributed by atoms with Crippen molar-refractivity contribution in [1.29, 1.82) is 0 Å². The van der Waals surface area contributed by atoms with Crippen molar-refractivity contribution < 1.29 is 9.84 Å². The van der Waals surface area contributed by atoms with Gasteiger partial charge in [-0.25, -0.2) is 0 Å². The summed E-state index contributed by atoms with van der Waals surface area (Å²) in [5.41, 5.74) is 0. The van der Waals surface area contributed by atoms with E-state index in [4.69, 9.17) is 4.74 Å². The van der Waals surface area contributed by atoms with E-state index in [2.05, 4.69) is 5.32 Å². The van der Waals surface area contributed by atoms with Gasteiger partial charge in [0.25, 0.3) is 0 Å². The minimum Gasteiger partial charge on any atom is -0.463 e. The standard InChI is InChI=1S/C11H15NO2/c13-11(10-7-4-8-12-10)14-9-5-2-1-3-6-9/h1-3,5-6,10-13H,4,7-8H2/t10-,11?/m0/s1. The molecule has 2 N–H and O–H groups in total. The lowest BCUT2D eigenvalue weighted by molar-refractivity contribution is -0.0409. The van der Waals surface area contributed by atoms with E-state index in [0.29, 0.717) is 5.75 Å². The maximum atomic E-state index is 9.72. The highest BCUT2D eigenvalue weighted by Gasteiger charge is 2.23. The Bertz CT molecular complexity index is 270. The Balaban J connectivity index is 1.90. The van der Waals surface area contributed by atoms with Gasteiger partial charge in [0.1, 0.15) is 5.75 Å². The second-order valence-electron chi connectivity index (χ2n) is 3.52. The summed E-state index contributed by atoms with van der Waals surface area (Å²) in [6.07, 6.45) is 1.35. The molecule has 2 rings (SSSR count). The molecule has 3 nitrogen and oxygen atoms in total. The number of aliphatic hydroxyl groups excluding tert-OH is 1. The molecule has 1 fully saturated rings. The van der Waals surface area contributed by atoms with Crippen LogP contribution in [0.4, 0.5) is 0 Å². The highest BCUT2D eigenvalue weighted by molar-refractivity contribution is 5.21. The van der Waals surface area contributed by atoms with Crippen LogP contribution in [0, 0.1) is 0 Å². The summed E-state index contributed by atoms with van der Waals surface area (Å²) in [6.45, 7) is 0.972. The predicted molar refractivity (Wildman–Crippen MR) is 54.1 cm³/mol. The molecule has 1 aromatic carbocycles. The number of nitrogens with one attached hydrogen (secondary N) is 1. The van der Waals surface area contributed by atoms with Crippen LogP contribution >= 0.6 is 0 Å². The molecule has 0 aromatic heterocycles. The summed E-state index contributed by atoms with van der Waals surface area (Å²) in [5.74, 6) is 0.716. The summed E-state index contributed by atoms with van der Waals surface area (Å²) in [6, 6.07) is 9.48. The van der Waals surface area contributed by atoms with Crippen LogP contribution in [-0.2, 0) is 0 Å². The molecule has 1 unspecified atom stereocenters. The topological polar surface area (TPSA) is 41.5 Å². The SMILES string of the molecule is OC(Oc1ccccc1)[C@@H]1CCCN1. The second-order valence-corrected chi connectivity index (χ2v) is 3.52.